The van der Waals surface area contributed by atoms with Gasteiger partial charge in [0.25, 0.3) is 0 Å². The van der Waals surface area contributed by atoms with Crippen molar-refractivity contribution in [1.82, 2.24) is 0 Å². The second-order valence-corrected chi connectivity index (χ2v) is 5.23. The molecule has 0 radical (unpaired) electrons. The first-order chi connectivity index (χ1) is 11.4. The number of benzene rings is 2. The number of hydrogen-bond acceptors (Lipinski definition) is 3. The van der Waals surface area contributed by atoms with Gasteiger partial charge in [-0.05, 0) is 43.7 Å². The van der Waals surface area contributed by atoms with Gasteiger partial charge in [0.15, 0.2) is 0 Å². The second kappa shape index (κ2) is 7.77. The summed E-state index contributed by atoms with van der Waals surface area (Å²) in [7, 11) is 0. The van der Waals surface area contributed by atoms with Crippen LogP contribution in [0.15, 0.2) is 58.7 Å². The van der Waals surface area contributed by atoms with Crippen molar-refractivity contribution in [3.8, 4) is 0 Å². The molecule has 0 saturated heterocycles. The van der Waals surface area contributed by atoms with E-state index in [4.69, 9.17) is 11.5 Å². The Morgan fingerprint density at radius 3 is 1.88 bits per heavy atom. The summed E-state index contributed by atoms with van der Waals surface area (Å²) in [6, 6.07) is 14.5. The van der Waals surface area contributed by atoms with E-state index in [1.165, 1.54) is 0 Å². The fraction of sp³-hybridized carbons (Fsp3) is 0.118. The number of aryl methyl sites for hydroxylation is 1. The average molecular weight is 324 g/mol. The first-order valence-electron chi connectivity index (χ1n) is 7.32. The van der Waals surface area contributed by atoms with Crippen molar-refractivity contribution in [2.24, 2.45) is 21.7 Å². The summed E-state index contributed by atoms with van der Waals surface area (Å²) in [5.41, 5.74) is 14.5. The Balaban J connectivity index is 1.98. The molecule has 0 bridgehead atoms. The lowest BCUT2D eigenvalue weighted by Gasteiger charge is -2.08. The van der Waals surface area contributed by atoms with Crippen LogP contribution in [0.5, 0.6) is 0 Å². The maximum atomic E-state index is 12.0. The van der Waals surface area contributed by atoms with Crippen LogP contribution in [0.1, 0.15) is 18.1 Å². The number of nitrogens with zero attached hydrogens (tertiary/aromatic N) is 2. The molecule has 0 heterocycles. The number of urea groups is 1. The normalized spacial score (nSPS) is 10.8. The van der Waals surface area contributed by atoms with Crippen LogP contribution in [0.4, 0.5) is 16.2 Å². The van der Waals surface area contributed by atoms with Gasteiger partial charge >= 0.3 is 6.03 Å². The third-order valence-electron chi connectivity index (χ3n) is 3.19. The van der Waals surface area contributed by atoms with Gasteiger partial charge in [0.1, 0.15) is 0 Å². The summed E-state index contributed by atoms with van der Waals surface area (Å²) in [5.74, 6) is -0.0968. The molecule has 0 spiro atoms. The predicted molar refractivity (Wildman–Crippen MR) is 98.3 cm³/mol. The number of anilines is 2. The van der Waals surface area contributed by atoms with Crippen LogP contribution in [0.2, 0.25) is 0 Å². The van der Waals surface area contributed by atoms with Crippen LogP contribution in [0.3, 0.4) is 0 Å². The molecule has 0 unspecified atom stereocenters. The molecule has 24 heavy (non-hydrogen) atoms. The van der Waals surface area contributed by atoms with E-state index in [0.717, 1.165) is 16.8 Å². The summed E-state index contributed by atoms with van der Waals surface area (Å²) >= 11 is 0. The fourth-order valence-corrected chi connectivity index (χ4v) is 1.92. The first-order valence-corrected chi connectivity index (χ1v) is 7.32. The van der Waals surface area contributed by atoms with E-state index in [0.29, 0.717) is 11.4 Å². The fourth-order valence-electron chi connectivity index (χ4n) is 1.92. The third kappa shape index (κ3) is 5.13. The van der Waals surface area contributed by atoms with E-state index >= 15 is 0 Å². The minimum atomic E-state index is -0.308. The number of nitrogens with one attached hydrogen (secondary N) is 2. The van der Waals surface area contributed by atoms with Crippen molar-refractivity contribution < 1.29 is 4.79 Å². The molecule has 124 valence electrons. The maximum absolute atomic E-state index is 12.0. The molecule has 7 heteroatoms. The number of carbonyl (C=O) groups excluding carboxylic acids is 1. The zero-order chi connectivity index (χ0) is 17.5. The zero-order valence-corrected chi connectivity index (χ0v) is 13.6. The summed E-state index contributed by atoms with van der Waals surface area (Å²) in [6.07, 6.45) is 0. The largest absolute Gasteiger partial charge is 0.369 e. The van der Waals surface area contributed by atoms with Gasteiger partial charge < -0.3 is 22.1 Å². The average Bonchev–Trinajstić information content (AvgIpc) is 2.55. The van der Waals surface area contributed by atoms with Crippen LogP contribution in [0, 0.1) is 6.92 Å². The minimum Gasteiger partial charge on any atom is -0.369 e. The Hall–Kier alpha value is -3.35. The van der Waals surface area contributed by atoms with E-state index in [1.807, 2.05) is 43.3 Å². The number of amides is 2. The van der Waals surface area contributed by atoms with Gasteiger partial charge in [-0.2, -0.15) is 5.10 Å². The highest BCUT2D eigenvalue weighted by molar-refractivity contribution is 6.01. The Morgan fingerprint density at radius 2 is 1.38 bits per heavy atom. The molecular formula is C17H20N6O. The maximum Gasteiger partial charge on any atom is 0.323 e. The summed E-state index contributed by atoms with van der Waals surface area (Å²) in [6.45, 7) is 3.78. The topological polar surface area (TPSA) is 118 Å². The van der Waals surface area contributed by atoms with Crippen LogP contribution in [0.25, 0.3) is 0 Å². The lowest BCUT2D eigenvalue weighted by atomic mass is 10.1. The van der Waals surface area contributed by atoms with Crippen molar-refractivity contribution in [2.45, 2.75) is 13.8 Å². The molecule has 0 aliphatic heterocycles. The first kappa shape index (κ1) is 17.0. The number of rotatable bonds is 4. The van der Waals surface area contributed by atoms with Crippen LogP contribution >= 0.6 is 0 Å². The summed E-state index contributed by atoms with van der Waals surface area (Å²) < 4.78 is 0. The number of guanidine groups is 1. The van der Waals surface area contributed by atoms with Crippen molar-refractivity contribution in [2.75, 3.05) is 10.6 Å². The highest BCUT2D eigenvalue weighted by Gasteiger charge is 2.03. The van der Waals surface area contributed by atoms with E-state index in [-0.39, 0.29) is 12.0 Å². The summed E-state index contributed by atoms with van der Waals surface area (Å²) in [4.78, 5) is 12.0. The van der Waals surface area contributed by atoms with Gasteiger partial charge in [0.2, 0.25) is 5.96 Å². The Bertz CT molecular complexity index is 759. The van der Waals surface area contributed by atoms with Crippen LogP contribution in [-0.4, -0.2) is 17.7 Å². The molecule has 6 N–H and O–H groups in total. The molecule has 2 amide bonds. The van der Waals surface area contributed by atoms with Crippen molar-refractivity contribution in [3.05, 3.63) is 59.7 Å². The van der Waals surface area contributed by atoms with Crippen LogP contribution in [-0.2, 0) is 0 Å². The van der Waals surface area contributed by atoms with E-state index < -0.39 is 0 Å². The highest BCUT2D eigenvalue weighted by atomic mass is 16.2. The molecule has 2 aromatic rings. The minimum absolute atomic E-state index is 0.0968. The van der Waals surface area contributed by atoms with Crippen molar-refractivity contribution in [3.63, 3.8) is 0 Å². The lowest BCUT2D eigenvalue weighted by Crippen LogP contribution is -2.22. The molecule has 7 nitrogen and oxygen atoms in total. The monoisotopic (exact) mass is 324 g/mol. The van der Waals surface area contributed by atoms with Gasteiger partial charge in [0, 0.05) is 11.4 Å². The molecule has 0 saturated carbocycles. The number of hydrogen-bond donors (Lipinski definition) is 4. The molecule has 0 atom stereocenters. The van der Waals surface area contributed by atoms with E-state index in [9.17, 15) is 4.79 Å². The van der Waals surface area contributed by atoms with Crippen molar-refractivity contribution in [1.29, 1.82) is 0 Å². The third-order valence-corrected chi connectivity index (χ3v) is 3.19. The Labute approximate surface area is 140 Å². The molecule has 0 fully saturated rings. The van der Waals surface area contributed by atoms with E-state index in [2.05, 4.69) is 20.8 Å². The molecule has 2 aromatic carbocycles. The van der Waals surface area contributed by atoms with Gasteiger partial charge in [0.05, 0.1) is 5.71 Å². The molecule has 0 aromatic heterocycles. The smallest absolute Gasteiger partial charge is 0.323 e. The lowest BCUT2D eigenvalue weighted by molar-refractivity contribution is 0.262. The SMILES string of the molecule is C/C(=N\N=C(N)N)c1ccc(NC(=O)Nc2ccc(C)cc2)cc1. The number of carbonyl (C=O) groups is 1. The van der Waals surface area contributed by atoms with Gasteiger partial charge in [-0.1, -0.05) is 29.8 Å². The Morgan fingerprint density at radius 1 is 0.875 bits per heavy atom. The van der Waals surface area contributed by atoms with Gasteiger partial charge in [-0.3, -0.25) is 0 Å². The van der Waals surface area contributed by atoms with Crippen LogP contribution < -0.4 is 22.1 Å². The standard InChI is InChI=1S/C17H20N6O/c1-11-3-7-14(8-4-11)20-17(24)21-15-9-5-13(6-10-15)12(2)22-23-16(18)19/h3-10H,1-2H3,(H4,18,19,23)(H2,20,21,24)/b22-12+. The Kier molecular flexibility index (Phi) is 5.51. The molecule has 0 aliphatic rings. The molecule has 0 aliphatic carbocycles. The van der Waals surface area contributed by atoms with E-state index in [1.54, 1.807) is 19.1 Å². The van der Waals surface area contributed by atoms with Crippen molar-refractivity contribution >= 4 is 29.1 Å². The number of nitrogens with two attached hydrogens (primary N) is 2. The quantitative estimate of drug-likeness (QED) is 0.393. The zero-order valence-electron chi connectivity index (χ0n) is 13.6. The van der Waals surface area contributed by atoms with Gasteiger partial charge in [-0.15, -0.1) is 5.10 Å². The predicted octanol–water partition coefficient (Wildman–Crippen LogP) is 2.64. The second-order valence-electron chi connectivity index (χ2n) is 5.23. The molecular weight excluding hydrogens is 304 g/mol. The summed E-state index contributed by atoms with van der Waals surface area (Å²) in [5, 5.41) is 13.0. The van der Waals surface area contributed by atoms with Gasteiger partial charge in [-0.25, -0.2) is 4.79 Å². The highest BCUT2D eigenvalue weighted by Crippen LogP contribution is 2.13. The molecule has 2 rings (SSSR count).